The van der Waals surface area contributed by atoms with E-state index < -0.39 is 5.92 Å². The van der Waals surface area contributed by atoms with Crippen molar-refractivity contribution in [3.05, 3.63) is 59.4 Å². The molecule has 2 aromatic rings. The van der Waals surface area contributed by atoms with Crippen LogP contribution < -0.4 is 5.32 Å². The van der Waals surface area contributed by atoms with Gasteiger partial charge in [0, 0.05) is 18.1 Å². The summed E-state index contributed by atoms with van der Waals surface area (Å²) in [6.07, 6.45) is 3.71. The predicted molar refractivity (Wildman–Crippen MR) is 81.6 cm³/mol. The van der Waals surface area contributed by atoms with Gasteiger partial charge in [-0.3, -0.25) is 9.78 Å². The molecule has 1 amide bonds. The molecular formula is C17H17N3O. The maximum atomic E-state index is 12.3. The van der Waals surface area contributed by atoms with Crippen LogP contribution in [0.15, 0.2) is 42.7 Å². The minimum Gasteiger partial charge on any atom is -0.325 e. The van der Waals surface area contributed by atoms with Crippen LogP contribution in [0.1, 0.15) is 16.7 Å². The van der Waals surface area contributed by atoms with E-state index in [1.807, 2.05) is 38.1 Å². The summed E-state index contributed by atoms with van der Waals surface area (Å²) in [7, 11) is 0. The summed E-state index contributed by atoms with van der Waals surface area (Å²) < 4.78 is 0. The highest BCUT2D eigenvalue weighted by molar-refractivity contribution is 5.95. The number of aryl methyl sites for hydroxylation is 2. The molecule has 0 aliphatic rings. The molecule has 0 aliphatic heterocycles. The van der Waals surface area contributed by atoms with Gasteiger partial charge in [0.2, 0.25) is 5.91 Å². The van der Waals surface area contributed by atoms with Gasteiger partial charge >= 0.3 is 0 Å². The van der Waals surface area contributed by atoms with E-state index in [2.05, 4.69) is 16.4 Å². The van der Waals surface area contributed by atoms with Gasteiger partial charge in [0.05, 0.1) is 6.07 Å². The van der Waals surface area contributed by atoms with E-state index in [9.17, 15) is 10.1 Å². The zero-order valence-electron chi connectivity index (χ0n) is 12.1. The lowest BCUT2D eigenvalue weighted by Gasteiger charge is -2.12. The molecule has 21 heavy (non-hydrogen) atoms. The second kappa shape index (κ2) is 6.67. The van der Waals surface area contributed by atoms with Crippen molar-refractivity contribution in [2.24, 2.45) is 5.92 Å². The molecular weight excluding hydrogens is 262 g/mol. The average Bonchev–Trinajstić information content (AvgIpc) is 2.49. The fourth-order valence-corrected chi connectivity index (χ4v) is 2.04. The molecule has 4 heteroatoms. The normalized spacial score (nSPS) is 11.5. The van der Waals surface area contributed by atoms with Crippen molar-refractivity contribution < 1.29 is 4.79 Å². The summed E-state index contributed by atoms with van der Waals surface area (Å²) in [6, 6.07) is 11.6. The van der Waals surface area contributed by atoms with E-state index >= 15 is 0 Å². The third-order valence-electron chi connectivity index (χ3n) is 3.29. The van der Waals surface area contributed by atoms with Crippen molar-refractivity contribution in [1.82, 2.24) is 4.98 Å². The lowest BCUT2D eigenvalue weighted by atomic mass is 10.0. The first-order chi connectivity index (χ1) is 10.1. The molecule has 1 N–H and O–H groups in total. The van der Waals surface area contributed by atoms with Gasteiger partial charge in [0.1, 0.15) is 5.92 Å². The fourth-order valence-electron chi connectivity index (χ4n) is 2.04. The van der Waals surface area contributed by atoms with E-state index in [-0.39, 0.29) is 5.91 Å². The molecule has 0 saturated carbocycles. The van der Waals surface area contributed by atoms with Gasteiger partial charge in [-0.15, -0.1) is 0 Å². The number of amides is 1. The number of benzene rings is 1. The van der Waals surface area contributed by atoms with Gasteiger partial charge in [-0.1, -0.05) is 18.2 Å². The number of pyridine rings is 1. The van der Waals surface area contributed by atoms with Crippen LogP contribution in [0.4, 0.5) is 5.69 Å². The quantitative estimate of drug-likeness (QED) is 0.935. The summed E-state index contributed by atoms with van der Waals surface area (Å²) in [5.41, 5.74) is 3.68. The molecule has 1 heterocycles. The monoisotopic (exact) mass is 279 g/mol. The molecule has 0 saturated heterocycles. The minimum absolute atomic E-state index is 0.282. The Morgan fingerprint density at radius 2 is 2.19 bits per heavy atom. The Balaban J connectivity index is 2.10. The van der Waals surface area contributed by atoms with Crippen LogP contribution >= 0.6 is 0 Å². The number of carbonyl (C=O) groups is 1. The Hall–Kier alpha value is -2.67. The van der Waals surface area contributed by atoms with E-state index in [4.69, 9.17) is 0 Å². The van der Waals surface area contributed by atoms with E-state index in [0.717, 1.165) is 22.4 Å². The van der Waals surface area contributed by atoms with E-state index in [1.165, 1.54) is 0 Å². The van der Waals surface area contributed by atoms with Crippen LogP contribution in [0.25, 0.3) is 0 Å². The first-order valence-corrected chi connectivity index (χ1v) is 6.77. The summed E-state index contributed by atoms with van der Waals surface area (Å²) in [5.74, 6) is -1.01. The van der Waals surface area contributed by atoms with Gasteiger partial charge < -0.3 is 5.32 Å². The summed E-state index contributed by atoms with van der Waals surface area (Å²) in [4.78, 5) is 16.3. The number of nitrogens with zero attached hydrogens (tertiary/aromatic N) is 2. The van der Waals surface area contributed by atoms with Crippen molar-refractivity contribution >= 4 is 11.6 Å². The standard InChI is InChI=1S/C17H17N3O/c1-12-5-6-13(2)16(8-12)20-17(21)15(10-18)9-14-4-3-7-19-11-14/h3-8,11,15H,9H2,1-2H3,(H,20,21). The molecule has 0 radical (unpaired) electrons. The highest BCUT2D eigenvalue weighted by Gasteiger charge is 2.19. The van der Waals surface area contributed by atoms with Crippen LogP contribution in [-0.4, -0.2) is 10.9 Å². The summed E-state index contributed by atoms with van der Waals surface area (Å²) >= 11 is 0. The number of aromatic nitrogens is 1. The smallest absolute Gasteiger partial charge is 0.242 e. The lowest BCUT2D eigenvalue weighted by Crippen LogP contribution is -2.24. The fraction of sp³-hybridized carbons (Fsp3) is 0.235. The van der Waals surface area contributed by atoms with Gasteiger partial charge in [-0.05, 0) is 49.1 Å². The van der Waals surface area contributed by atoms with Crippen LogP contribution in [0.3, 0.4) is 0 Å². The summed E-state index contributed by atoms with van der Waals surface area (Å²) in [5, 5.41) is 12.1. The largest absolute Gasteiger partial charge is 0.325 e. The number of hydrogen-bond donors (Lipinski definition) is 1. The molecule has 0 spiro atoms. The van der Waals surface area contributed by atoms with Gasteiger partial charge in [0.25, 0.3) is 0 Å². The van der Waals surface area contributed by atoms with Crippen molar-refractivity contribution in [2.45, 2.75) is 20.3 Å². The van der Waals surface area contributed by atoms with Crippen LogP contribution in [0, 0.1) is 31.1 Å². The average molecular weight is 279 g/mol. The van der Waals surface area contributed by atoms with E-state index in [1.54, 1.807) is 18.5 Å². The molecule has 1 atom stereocenters. The first kappa shape index (κ1) is 14.7. The highest BCUT2D eigenvalue weighted by atomic mass is 16.1. The number of nitrogens with one attached hydrogen (secondary N) is 1. The number of anilines is 1. The van der Waals surface area contributed by atoms with Gasteiger partial charge in [-0.25, -0.2) is 0 Å². The molecule has 1 unspecified atom stereocenters. The number of nitriles is 1. The topological polar surface area (TPSA) is 65.8 Å². The molecule has 1 aromatic heterocycles. The molecule has 4 nitrogen and oxygen atoms in total. The number of carbonyl (C=O) groups excluding carboxylic acids is 1. The van der Waals surface area contributed by atoms with Crippen molar-refractivity contribution in [1.29, 1.82) is 5.26 Å². The van der Waals surface area contributed by atoms with Crippen molar-refractivity contribution in [3.63, 3.8) is 0 Å². The van der Waals surface area contributed by atoms with Crippen LogP contribution in [0.5, 0.6) is 0 Å². The summed E-state index contributed by atoms with van der Waals surface area (Å²) in [6.45, 7) is 3.89. The zero-order chi connectivity index (χ0) is 15.2. The molecule has 0 aliphatic carbocycles. The SMILES string of the molecule is Cc1ccc(C)c(NC(=O)C(C#N)Cc2cccnc2)c1. The minimum atomic E-state index is -0.728. The Kier molecular flexibility index (Phi) is 4.68. The van der Waals surface area contributed by atoms with Gasteiger partial charge in [0.15, 0.2) is 0 Å². The second-order valence-corrected chi connectivity index (χ2v) is 5.05. The first-order valence-electron chi connectivity index (χ1n) is 6.77. The lowest BCUT2D eigenvalue weighted by molar-refractivity contribution is -0.118. The zero-order valence-corrected chi connectivity index (χ0v) is 12.1. The Morgan fingerprint density at radius 1 is 1.38 bits per heavy atom. The molecule has 0 fully saturated rings. The Bertz CT molecular complexity index is 674. The number of hydrogen-bond acceptors (Lipinski definition) is 3. The highest BCUT2D eigenvalue weighted by Crippen LogP contribution is 2.18. The Morgan fingerprint density at radius 3 is 2.86 bits per heavy atom. The van der Waals surface area contributed by atoms with Crippen LogP contribution in [-0.2, 0) is 11.2 Å². The maximum absolute atomic E-state index is 12.3. The van der Waals surface area contributed by atoms with E-state index in [0.29, 0.717) is 6.42 Å². The van der Waals surface area contributed by atoms with Crippen LogP contribution in [0.2, 0.25) is 0 Å². The Labute approximate surface area is 124 Å². The predicted octanol–water partition coefficient (Wildman–Crippen LogP) is 3.02. The molecule has 1 aromatic carbocycles. The third-order valence-corrected chi connectivity index (χ3v) is 3.29. The van der Waals surface area contributed by atoms with Crippen molar-refractivity contribution in [3.8, 4) is 6.07 Å². The molecule has 2 rings (SSSR count). The van der Waals surface area contributed by atoms with Gasteiger partial charge in [-0.2, -0.15) is 5.26 Å². The third kappa shape index (κ3) is 3.90. The second-order valence-electron chi connectivity index (χ2n) is 5.05. The maximum Gasteiger partial charge on any atom is 0.242 e. The molecule has 106 valence electrons. The van der Waals surface area contributed by atoms with Crippen molar-refractivity contribution in [2.75, 3.05) is 5.32 Å². The number of rotatable bonds is 4. The molecule has 0 bridgehead atoms.